The third-order valence-electron chi connectivity index (χ3n) is 2.22. The Labute approximate surface area is 103 Å². The molecule has 2 aromatic rings. The number of aromatic nitrogens is 1. The fourth-order valence-corrected chi connectivity index (χ4v) is 1.41. The van der Waals surface area contributed by atoms with Crippen molar-refractivity contribution < 1.29 is 13.9 Å². The van der Waals surface area contributed by atoms with E-state index in [9.17, 15) is 4.39 Å². The zero-order valence-electron chi connectivity index (χ0n) is 9.55. The highest BCUT2D eigenvalue weighted by Crippen LogP contribution is 2.29. The van der Waals surface area contributed by atoms with E-state index in [0.29, 0.717) is 5.88 Å². The molecule has 0 aliphatic carbocycles. The second-order valence-corrected chi connectivity index (χ2v) is 3.36. The average Bonchev–Trinajstić information content (AvgIpc) is 2.39. The first-order valence-corrected chi connectivity index (χ1v) is 5.11. The predicted molar refractivity (Wildman–Crippen MR) is 62.0 cm³/mol. The van der Waals surface area contributed by atoms with E-state index in [1.54, 1.807) is 30.5 Å². The third kappa shape index (κ3) is 2.38. The van der Waals surface area contributed by atoms with Gasteiger partial charge in [0.25, 0.3) is 0 Å². The minimum Gasteiger partial charge on any atom is -0.495 e. The maximum absolute atomic E-state index is 13.6. The van der Waals surface area contributed by atoms with Crippen LogP contribution in [0.15, 0.2) is 36.5 Å². The lowest BCUT2D eigenvalue weighted by Gasteiger charge is -2.08. The maximum atomic E-state index is 13.6. The number of benzene rings is 1. The van der Waals surface area contributed by atoms with Gasteiger partial charge in [-0.05, 0) is 6.07 Å². The van der Waals surface area contributed by atoms with Crippen LogP contribution in [0, 0.1) is 17.1 Å². The third-order valence-corrected chi connectivity index (χ3v) is 2.22. The van der Waals surface area contributed by atoms with E-state index in [-0.39, 0.29) is 17.1 Å². The molecule has 0 saturated carbocycles. The Kier molecular flexibility index (Phi) is 3.39. The van der Waals surface area contributed by atoms with Crippen molar-refractivity contribution in [3.63, 3.8) is 0 Å². The maximum Gasteiger partial charge on any atom is 0.219 e. The molecular weight excluding hydrogens is 235 g/mol. The fraction of sp³-hybridized carbons (Fsp3) is 0.0769. The molecule has 1 aromatic heterocycles. The molecule has 0 N–H and O–H groups in total. The summed E-state index contributed by atoms with van der Waals surface area (Å²) in [5.74, 6) is -0.00285. The predicted octanol–water partition coefficient (Wildman–Crippen LogP) is 2.89. The van der Waals surface area contributed by atoms with Gasteiger partial charge in [-0.25, -0.2) is 9.37 Å². The number of nitriles is 1. The van der Waals surface area contributed by atoms with Crippen molar-refractivity contribution in [2.45, 2.75) is 0 Å². The number of pyridine rings is 1. The SMILES string of the molecule is COc1cc(Oc2ccccn2)cc(F)c1C#N. The van der Waals surface area contributed by atoms with Crippen LogP contribution in [0.2, 0.25) is 0 Å². The molecule has 0 saturated heterocycles. The van der Waals surface area contributed by atoms with Crippen LogP contribution in [0.1, 0.15) is 5.56 Å². The van der Waals surface area contributed by atoms with Gasteiger partial charge in [-0.2, -0.15) is 5.26 Å². The van der Waals surface area contributed by atoms with Crippen LogP contribution in [0.3, 0.4) is 0 Å². The number of halogens is 1. The summed E-state index contributed by atoms with van der Waals surface area (Å²) in [5, 5.41) is 8.79. The standard InChI is InChI=1S/C13H9FN2O2/c1-17-12-7-9(6-11(14)10(12)8-15)18-13-4-2-3-5-16-13/h2-7H,1H3. The monoisotopic (exact) mass is 244 g/mol. The van der Waals surface area contributed by atoms with Gasteiger partial charge in [-0.1, -0.05) is 6.07 Å². The highest BCUT2D eigenvalue weighted by molar-refractivity contribution is 5.49. The normalized spacial score (nSPS) is 9.61. The molecule has 1 aromatic carbocycles. The summed E-state index contributed by atoms with van der Waals surface area (Å²) in [6, 6.07) is 9.43. The summed E-state index contributed by atoms with van der Waals surface area (Å²) in [6.45, 7) is 0. The van der Waals surface area contributed by atoms with Crippen LogP contribution in [0.4, 0.5) is 4.39 Å². The van der Waals surface area contributed by atoms with E-state index in [4.69, 9.17) is 14.7 Å². The molecule has 0 radical (unpaired) electrons. The minimum absolute atomic E-state index is 0.128. The summed E-state index contributed by atoms with van der Waals surface area (Å²) in [5.41, 5.74) is -0.147. The number of ether oxygens (including phenoxy) is 2. The van der Waals surface area contributed by atoms with Gasteiger partial charge in [0, 0.05) is 24.4 Å². The molecular formula is C13H9FN2O2. The van der Waals surface area contributed by atoms with Gasteiger partial charge in [0.2, 0.25) is 5.88 Å². The molecule has 2 rings (SSSR count). The van der Waals surface area contributed by atoms with Crippen LogP contribution >= 0.6 is 0 Å². The molecule has 0 atom stereocenters. The number of rotatable bonds is 3. The van der Waals surface area contributed by atoms with Gasteiger partial charge in [-0.15, -0.1) is 0 Å². The van der Waals surface area contributed by atoms with Crippen molar-refractivity contribution >= 4 is 0 Å². The Bertz CT molecular complexity index is 594. The van der Waals surface area contributed by atoms with E-state index in [1.165, 1.54) is 13.2 Å². The quantitative estimate of drug-likeness (QED) is 0.833. The second kappa shape index (κ2) is 5.15. The molecule has 0 bridgehead atoms. The number of methoxy groups -OCH3 is 1. The van der Waals surface area contributed by atoms with Gasteiger partial charge in [0.1, 0.15) is 28.9 Å². The Balaban J connectivity index is 2.36. The summed E-state index contributed by atoms with van der Waals surface area (Å²) in [7, 11) is 1.36. The van der Waals surface area contributed by atoms with Crippen molar-refractivity contribution in [2.24, 2.45) is 0 Å². The highest BCUT2D eigenvalue weighted by Gasteiger charge is 2.12. The zero-order valence-corrected chi connectivity index (χ0v) is 9.55. The Morgan fingerprint density at radius 3 is 2.78 bits per heavy atom. The van der Waals surface area contributed by atoms with Crippen molar-refractivity contribution in [3.8, 4) is 23.4 Å². The van der Waals surface area contributed by atoms with Crippen LogP contribution in [0.5, 0.6) is 17.4 Å². The molecule has 0 spiro atoms. The van der Waals surface area contributed by atoms with Gasteiger partial charge in [0.05, 0.1) is 7.11 Å². The molecule has 1 heterocycles. The zero-order chi connectivity index (χ0) is 13.0. The first kappa shape index (κ1) is 11.9. The first-order valence-electron chi connectivity index (χ1n) is 5.11. The van der Waals surface area contributed by atoms with Crippen molar-refractivity contribution in [2.75, 3.05) is 7.11 Å². The van der Waals surface area contributed by atoms with E-state index >= 15 is 0 Å². The molecule has 0 aliphatic rings. The number of hydrogen-bond acceptors (Lipinski definition) is 4. The van der Waals surface area contributed by atoms with Gasteiger partial charge in [-0.3, -0.25) is 0 Å². The lowest BCUT2D eigenvalue weighted by atomic mass is 10.2. The van der Waals surface area contributed by atoms with Gasteiger partial charge in [0.15, 0.2) is 0 Å². The lowest BCUT2D eigenvalue weighted by molar-refractivity contribution is 0.400. The van der Waals surface area contributed by atoms with Crippen LogP contribution in [0.25, 0.3) is 0 Å². The number of hydrogen-bond donors (Lipinski definition) is 0. The molecule has 4 nitrogen and oxygen atoms in total. The van der Waals surface area contributed by atoms with Gasteiger partial charge < -0.3 is 9.47 Å². The van der Waals surface area contributed by atoms with Crippen LogP contribution < -0.4 is 9.47 Å². The molecule has 5 heteroatoms. The molecule has 0 aliphatic heterocycles. The van der Waals surface area contributed by atoms with E-state index < -0.39 is 5.82 Å². The second-order valence-electron chi connectivity index (χ2n) is 3.36. The minimum atomic E-state index is -0.692. The molecule has 0 unspecified atom stereocenters. The first-order chi connectivity index (χ1) is 8.74. The lowest BCUT2D eigenvalue weighted by Crippen LogP contribution is -1.94. The van der Waals surface area contributed by atoms with E-state index in [0.717, 1.165) is 6.07 Å². The van der Waals surface area contributed by atoms with Crippen molar-refractivity contribution in [3.05, 3.63) is 47.9 Å². The van der Waals surface area contributed by atoms with E-state index in [1.807, 2.05) is 0 Å². The topological polar surface area (TPSA) is 55.1 Å². The van der Waals surface area contributed by atoms with Gasteiger partial charge >= 0.3 is 0 Å². The fourth-order valence-electron chi connectivity index (χ4n) is 1.41. The number of nitrogens with zero attached hydrogens (tertiary/aromatic N) is 2. The van der Waals surface area contributed by atoms with Crippen molar-refractivity contribution in [1.82, 2.24) is 4.98 Å². The molecule has 18 heavy (non-hydrogen) atoms. The Morgan fingerprint density at radius 1 is 1.33 bits per heavy atom. The summed E-state index contributed by atoms with van der Waals surface area (Å²) >= 11 is 0. The summed E-state index contributed by atoms with van der Waals surface area (Å²) < 4.78 is 23.9. The highest BCUT2D eigenvalue weighted by atomic mass is 19.1. The summed E-state index contributed by atoms with van der Waals surface area (Å²) in [6.07, 6.45) is 1.56. The van der Waals surface area contributed by atoms with Crippen LogP contribution in [-0.2, 0) is 0 Å². The molecule has 0 amide bonds. The smallest absolute Gasteiger partial charge is 0.219 e. The Hall–Kier alpha value is -2.61. The summed E-state index contributed by atoms with van der Waals surface area (Å²) in [4.78, 5) is 3.95. The largest absolute Gasteiger partial charge is 0.495 e. The van der Waals surface area contributed by atoms with E-state index in [2.05, 4.69) is 4.98 Å². The van der Waals surface area contributed by atoms with Crippen molar-refractivity contribution in [1.29, 1.82) is 5.26 Å². The Morgan fingerprint density at radius 2 is 2.17 bits per heavy atom. The molecule has 90 valence electrons. The van der Waals surface area contributed by atoms with Crippen LogP contribution in [-0.4, -0.2) is 12.1 Å². The average molecular weight is 244 g/mol. The molecule has 0 fully saturated rings.